The third-order valence-electron chi connectivity index (χ3n) is 4.76. The zero-order valence-electron chi connectivity index (χ0n) is 14.4. The molecule has 0 bridgehead atoms. The van der Waals surface area contributed by atoms with Crippen molar-refractivity contribution in [2.24, 2.45) is 5.73 Å². The summed E-state index contributed by atoms with van der Waals surface area (Å²) in [5.74, 6) is -0.252. The van der Waals surface area contributed by atoms with E-state index in [1.165, 1.54) is 6.07 Å². The van der Waals surface area contributed by atoms with Crippen LogP contribution in [0.5, 0.6) is 0 Å². The van der Waals surface area contributed by atoms with Crippen molar-refractivity contribution in [2.45, 2.75) is 51.2 Å². The summed E-state index contributed by atoms with van der Waals surface area (Å²) < 4.78 is 14.0. The van der Waals surface area contributed by atoms with E-state index in [0.717, 1.165) is 42.5 Å². The van der Waals surface area contributed by atoms with Gasteiger partial charge in [0.25, 0.3) is 0 Å². The molecule has 1 aliphatic rings. The molecule has 25 heavy (non-hydrogen) atoms. The topological polar surface area (TPSA) is 63.0 Å². The number of pyridine rings is 1. The van der Waals surface area contributed by atoms with Crippen LogP contribution in [0.25, 0.3) is 0 Å². The highest BCUT2D eigenvalue weighted by Crippen LogP contribution is 2.26. The standard InChI is InChI=1S/C19H24ClFN4/c1-12-3-2-4-16(21)19(12)24-11-13-10-23-18(20)9-17(13)25-15-7-5-14(22)6-8-15/h2-4,9-10,14-15,24H,5-8,11,22H2,1H3,(H,23,25)/t14-,15+. The van der Waals surface area contributed by atoms with Crippen molar-refractivity contribution in [1.82, 2.24) is 4.98 Å². The van der Waals surface area contributed by atoms with Crippen LogP contribution in [0.4, 0.5) is 15.8 Å². The number of nitrogens with zero attached hydrogens (tertiary/aromatic N) is 1. The molecule has 0 radical (unpaired) electrons. The van der Waals surface area contributed by atoms with Crippen molar-refractivity contribution in [3.8, 4) is 0 Å². The van der Waals surface area contributed by atoms with Crippen LogP contribution in [-0.4, -0.2) is 17.1 Å². The molecular weight excluding hydrogens is 339 g/mol. The van der Waals surface area contributed by atoms with E-state index in [0.29, 0.717) is 29.5 Å². The van der Waals surface area contributed by atoms with Gasteiger partial charge in [0.05, 0.1) is 5.69 Å². The quantitative estimate of drug-likeness (QED) is 0.686. The number of nitrogens with two attached hydrogens (primary N) is 1. The minimum Gasteiger partial charge on any atom is -0.382 e. The minimum absolute atomic E-state index is 0.252. The van der Waals surface area contributed by atoms with E-state index in [1.807, 2.05) is 19.1 Å². The van der Waals surface area contributed by atoms with Crippen LogP contribution in [-0.2, 0) is 6.54 Å². The molecular formula is C19H24ClFN4. The van der Waals surface area contributed by atoms with Gasteiger partial charge in [-0.2, -0.15) is 0 Å². The van der Waals surface area contributed by atoms with E-state index < -0.39 is 0 Å². The zero-order chi connectivity index (χ0) is 17.8. The molecule has 0 atom stereocenters. The lowest BCUT2D eigenvalue weighted by Gasteiger charge is -2.28. The van der Waals surface area contributed by atoms with Gasteiger partial charge in [-0.15, -0.1) is 0 Å². The number of hydrogen-bond donors (Lipinski definition) is 3. The fourth-order valence-electron chi connectivity index (χ4n) is 3.26. The molecule has 1 saturated carbocycles. The van der Waals surface area contributed by atoms with E-state index in [9.17, 15) is 4.39 Å². The summed E-state index contributed by atoms with van der Waals surface area (Å²) >= 11 is 6.07. The van der Waals surface area contributed by atoms with Gasteiger partial charge in [0.2, 0.25) is 0 Å². The highest BCUT2D eigenvalue weighted by molar-refractivity contribution is 6.29. The lowest BCUT2D eigenvalue weighted by Crippen LogP contribution is -2.33. The monoisotopic (exact) mass is 362 g/mol. The first kappa shape index (κ1) is 18.0. The molecule has 4 N–H and O–H groups in total. The number of halogens is 2. The molecule has 0 unspecified atom stereocenters. The summed E-state index contributed by atoms with van der Waals surface area (Å²) in [4.78, 5) is 4.17. The fourth-order valence-corrected chi connectivity index (χ4v) is 3.41. The van der Waals surface area contributed by atoms with Gasteiger partial charge in [-0.3, -0.25) is 0 Å². The summed E-state index contributed by atoms with van der Waals surface area (Å²) in [6.07, 6.45) is 5.88. The van der Waals surface area contributed by atoms with Crippen LogP contribution >= 0.6 is 11.6 Å². The van der Waals surface area contributed by atoms with Crippen molar-refractivity contribution in [3.05, 3.63) is 52.6 Å². The van der Waals surface area contributed by atoms with Gasteiger partial charge in [0.1, 0.15) is 11.0 Å². The molecule has 134 valence electrons. The van der Waals surface area contributed by atoms with Crippen LogP contribution in [0.3, 0.4) is 0 Å². The first-order chi connectivity index (χ1) is 12.0. The number of aryl methyl sites for hydroxylation is 1. The first-order valence-electron chi connectivity index (χ1n) is 8.68. The maximum absolute atomic E-state index is 14.0. The molecule has 6 heteroatoms. The molecule has 0 amide bonds. The maximum atomic E-state index is 14.0. The Labute approximate surface area is 153 Å². The Morgan fingerprint density at radius 1 is 1.28 bits per heavy atom. The Kier molecular flexibility index (Phi) is 5.76. The molecule has 0 saturated heterocycles. The molecule has 0 aliphatic heterocycles. The molecule has 1 aromatic heterocycles. The molecule has 1 aliphatic carbocycles. The second-order valence-corrected chi connectivity index (χ2v) is 7.09. The third-order valence-corrected chi connectivity index (χ3v) is 4.97. The highest BCUT2D eigenvalue weighted by Gasteiger charge is 2.19. The molecule has 1 aromatic carbocycles. The van der Waals surface area contributed by atoms with E-state index in [1.54, 1.807) is 12.3 Å². The van der Waals surface area contributed by atoms with Crippen LogP contribution in [0.1, 0.15) is 36.8 Å². The lowest BCUT2D eigenvalue weighted by atomic mass is 9.91. The van der Waals surface area contributed by atoms with Crippen molar-refractivity contribution in [2.75, 3.05) is 10.6 Å². The predicted octanol–water partition coefficient (Wildman–Crippen LogP) is 4.48. The predicted molar refractivity (Wildman–Crippen MR) is 102 cm³/mol. The summed E-state index contributed by atoms with van der Waals surface area (Å²) in [5.41, 5.74) is 9.28. The van der Waals surface area contributed by atoms with Crippen LogP contribution in [0.2, 0.25) is 5.15 Å². The molecule has 0 spiro atoms. The molecule has 4 nitrogen and oxygen atoms in total. The normalized spacial score (nSPS) is 20.3. The smallest absolute Gasteiger partial charge is 0.146 e. The first-order valence-corrected chi connectivity index (χ1v) is 9.06. The van der Waals surface area contributed by atoms with Gasteiger partial charge in [0.15, 0.2) is 0 Å². The number of hydrogen-bond acceptors (Lipinski definition) is 4. The van der Waals surface area contributed by atoms with Gasteiger partial charge >= 0.3 is 0 Å². The van der Waals surface area contributed by atoms with Gasteiger partial charge in [-0.1, -0.05) is 23.7 Å². The van der Waals surface area contributed by atoms with Crippen LogP contribution in [0, 0.1) is 12.7 Å². The second kappa shape index (κ2) is 8.02. The number of para-hydroxylation sites is 1. The van der Waals surface area contributed by atoms with Gasteiger partial charge in [-0.25, -0.2) is 9.37 Å². The largest absolute Gasteiger partial charge is 0.382 e. The van der Waals surface area contributed by atoms with Gasteiger partial charge < -0.3 is 16.4 Å². The third kappa shape index (κ3) is 4.61. The zero-order valence-corrected chi connectivity index (χ0v) is 15.1. The fraction of sp³-hybridized carbons (Fsp3) is 0.421. The molecule has 2 aromatic rings. The van der Waals surface area contributed by atoms with E-state index in [4.69, 9.17) is 17.3 Å². The Morgan fingerprint density at radius 3 is 2.76 bits per heavy atom. The number of benzene rings is 1. The van der Waals surface area contributed by atoms with Crippen molar-refractivity contribution in [1.29, 1.82) is 0 Å². The van der Waals surface area contributed by atoms with Gasteiger partial charge in [-0.05, 0) is 50.3 Å². The Balaban J connectivity index is 1.73. The van der Waals surface area contributed by atoms with Crippen LogP contribution < -0.4 is 16.4 Å². The van der Waals surface area contributed by atoms with E-state index >= 15 is 0 Å². The number of nitrogens with one attached hydrogen (secondary N) is 2. The Bertz CT molecular complexity index is 709. The number of rotatable bonds is 5. The molecule has 1 fully saturated rings. The second-order valence-electron chi connectivity index (χ2n) is 6.71. The Morgan fingerprint density at radius 2 is 2.04 bits per heavy atom. The highest BCUT2D eigenvalue weighted by atomic mass is 35.5. The van der Waals surface area contributed by atoms with E-state index in [2.05, 4.69) is 15.6 Å². The average molecular weight is 363 g/mol. The van der Waals surface area contributed by atoms with Crippen LogP contribution in [0.15, 0.2) is 30.5 Å². The average Bonchev–Trinajstić information content (AvgIpc) is 2.58. The number of anilines is 2. The lowest BCUT2D eigenvalue weighted by molar-refractivity contribution is 0.411. The maximum Gasteiger partial charge on any atom is 0.146 e. The van der Waals surface area contributed by atoms with Crippen molar-refractivity contribution >= 4 is 23.0 Å². The van der Waals surface area contributed by atoms with Crippen molar-refractivity contribution in [3.63, 3.8) is 0 Å². The van der Waals surface area contributed by atoms with Crippen molar-refractivity contribution < 1.29 is 4.39 Å². The summed E-state index contributed by atoms with van der Waals surface area (Å²) in [6, 6.07) is 7.58. The molecule has 3 rings (SSSR count). The SMILES string of the molecule is Cc1cccc(F)c1NCc1cnc(Cl)cc1N[C@H]1CC[C@@H](N)CC1. The van der Waals surface area contributed by atoms with Gasteiger partial charge in [0, 0.05) is 36.1 Å². The summed E-state index contributed by atoms with van der Waals surface area (Å²) in [7, 11) is 0. The minimum atomic E-state index is -0.252. The summed E-state index contributed by atoms with van der Waals surface area (Å²) in [5, 5.41) is 7.19. The molecule has 1 heterocycles. The number of aromatic nitrogens is 1. The Hall–Kier alpha value is -1.85. The summed E-state index contributed by atoms with van der Waals surface area (Å²) in [6.45, 7) is 2.36. The van der Waals surface area contributed by atoms with E-state index in [-0.39, 0.29) is 5.82 Å².